The van der Waals surface area contributed by atoms with Crippen molar-refractivity contribution in [2.45, 2.75) is 95.6 Å². The van der Waals surface area contributed by atoms with Crippen LogP contribution in [0.5, 0.6) is 0 Å². The van der Waals surface area contributed by atoms with Gasteiger partial charge in [-0.25, -0.2) is 0 Å². The lowest BCUT2D eigenvalue weighted by Gasteiger charge is -2.22. The van der Waals surface area contributed by atoms with E-state index in [1.807, 2.05) is 47.6 Å². The lowest BCUT2D eigenvalue weighted by atomic mass is 9.98. The van der Waals surface area contributed by atoms with Gasteiger partial charge in [-0.05, 0) is 88.0 Å². The van der Waals surface area contributed by atoms with E-state index in [9.17, 15) is 16.8 Å². The predicted molar refractivity (Wildman–Crippen MR) is 175 cm³/mol. The smallest absolute Gasteiger partial charge is 0.297 e. The molecular formula is C34H52O8S2. The van der Waals surface area contributed by atoms with Crippen LogP contribution in [0.15, 0.2) is 71.0 Å². The molecule has 2 atom stereocenters. The highest BCUT2D eigenvalue weighted by atomic mass is 32.2. The van der Waals surface area contributed by atoms with Crippen LogP contribution in [0, 0.1) is 31.6 Å². The van der Waals surface area contributed by atoms with E-state index in [4.69, 9.17) is 17.8 Å². The zero-order valence-corrected chi connectivity index (χ0v) is 28.9. The average Bonchev–Trinajstić information content (AvgIpc) is 2.92. The Balaban J connectivity index is 1.85. The largest absolute Gasteiger partial charge is 0.379 e. The average molecular weight is 653 g/mol. The van der Waals surface area contributed by atoms with Crippen molar-refractivity contribution < 1.29 is 34.7 Å². The Hall–Kier alpha value is -2.08. The fourth-order valence-electron chi connectivity index (χ4n) is 4.75. The van der Waals surface area contributed by atoms with Crippen LogP contribution in [-0.4, -0.2) is 55.5 Å². The van der Waals surface area contributed by atoms with Crippen molar-refractivity contribution in [2.24, 2.45) is 17.8 Å². The van der Waals surface area contributed by atoms with Crippen molar-refractivity contribution in [3.8, 4) is 0 Å². The number of hydrogen-bond acceptors (Lipinski definition) is 8. The summed E-state index contributed by atoms with van der Waals surface area (Å²) in [4.78, 5) is 0.272. The molecule has 2 rings (SSSR count). The molecule has 0 spiro atoms. The van der Waals surface area contributed by atoms with Crippen molar-refractivity contribution in [3.63, 3.8) is 0 Å². The molecule has 0 radical (unpaired) electrons. The second-order valence-electron chi connectivity index (χ2n) is 12.3. The number of allylic oxidation sites excluding steroid dienone is 1. The van der Waals surface area contributed by atoms with Gasteiger partial charge in [-0.15, -0.1) is 6.58 Å². The third kappa shape index (κ3) is 14.3. The Bertz CT molecular complexity index is 1220. The highest BCUT2D eigenvalue weighted by Gasteiger charge is 2.24. The van der Waals surface area contributed by atoms with Gasteiger partial charge >= 0.3 is 0 Å². The molecule has 44 heavy (non-hydrogen) atoms. The number of hydrogen-bond donors (Lipinski definition) is 0. The lowest BCUT2D eigenvalue weighted by Crippen LogP contribution is -2.26. The molecule has 0 fully saturated rings. The summed E-state index contributed by atoms with van der Waals surface area (Å²) in [6.45, 7) is 17.0. The Morgan fingerprint density at radius 2 is 1.02 bits per heavy atom. The molecule has 0 amide bonds. The van der Waals surface area contributed by atoms with E-state index < -0.39 is 32.4 Å². The van der Waals surface area contributed by atoms with Gasteiger partial charge in [0.05, 0.1) is 23.0 Å². The first kappa shape index (κ1) is 38.1. The fourth-order valence-corrected chi connectivity index (χ4v) is 6.89. The van der Waals surface area contributed by atoms with Crippen LogP contribution in [-0.2, 0) is 38.1 Å². The second kappa shape index (κ2) is 18.8. The molecule has 8 nitrogen and oxygen atoms in total. The molecule has 248 valence electrons. The van der Waals surface area contributed by atoms with Crippen molar-refractivity contribution in [1.29, 1.82) is 0 Å². The van der Waals surface area contributed by atoms with E-state index in [0.29, 0.717) is 26.1 Å². The van der Waals surface area contributed by atoms with E-state index in [-0.39, 0.29) is 40.8 Å². The molecule has 0 saturated carbocycles. The second-order valence-corrected chi connectivity index (χ2v) is 15.5. The van der Waals surface area contributed by atoms with Crippen LogP contribution in [0.4, 0.5) is 0 Å². The Morgan fingerprint density at radius 3 is 1.34 bits per heavy atom. The standard InChI is InChI=1S/C34H52O8S2/c1-8-9-30(18-20-39-24-31(22-26(2)3)41-43(35,36)33-14-10-28(6)11-15-33)19-21-40-25-32(23-27(4)5)42-44(37,38)34-16-12-29(7)13-17-34/h8,10-17,26-27,30-32H,1,9,18-25H2,2-7H3/t31-,32-/m0/s1. The molecule has 0 aliphatic carbocycles. The minimum atomic E-state index is -3.90. The van der Waals surface area contributed by atoms with E-state index >= 15 is 0 Å². The summed E-state index contributed by atoms with van der Waals surface area (Å²) in [5, 5.41) is 0. The number of rotatable bonds is 22. The summed E-state index contributed by atoms with van der Waals surface area (Å²) in [7, 11) is -7.80. The van der Waals surface area contributed by atoms with E-state index in [0.717, 1.165) is 30.4 Å². The van der Waals surface area contributed by atoms with Gasteiger partial charge in [0.2, 0.25) is 0 Å². The first-order chi connectivity index (χ1) is 20.7. The topological polar surface area (TPSA) is 105 Å². The van der Waals surface area contributed by atoms with Crippen LogP contribution < -0.4 is 0 Å². The van der Waals surface area contributed by atoms with Crippen molar-refractivity contribution in [2.75, 3.05) is 26.4 Å². The van der Waals surface area contributed by atoms with Gasteiger partial charge in [-0.3, -0.25) is 8.37 Å². The summed E-state index contributed by atoms with van der Waals surface area (Å²) >= 11 is 0. The molecule has 0 aromatic heterocycles. The zero-order valence-electron chi connectivity index (χ0n) is 27.2. The molecule has 0 heterocycles. The quantitative estimate of drug-likeness (QED) is 0.0744. The Labute approximate surface area is 266 Å². The maximum atomic E-state index is 12.8. The monoisotopic (exact) mass is 652 g/mol. The molecule has 10 heteroatoms. The Morgan fingerprint density at radius 1 is 0.659 bits per heavy atom. The van der Waals surface area contributed by atoms with Crippen LogP contribution in [0.1, 0.15) is 70.9 Å². The van der Waals surface area contributed by atoms with Gasteiger partial charge in [0.15, 0.2) is 0 Å². The number of ether oxygens (including phenoxy) is 2. The van der Waals surface area contributed by atoms with E-state index in [1.54, 1.807) is 48.5 Å². The maximum absolute atomic E-state index is 12.8. The number of aryl methyl sites for hydroxylation is 2. The van der Waals surface area contributed by atoms with Gasteiger partial charge in [-0.2, -0.15) is 16.8 Å². The van der Waals surface area contributed by atoms with Gasteiger partial charge in [0.25, 0.3) is 20.2 Å². The first-order valence-electron chi connectivity index (χ1n) is 15.5. The number of benzene rings is 2. The SMILES string of the molecule is C=CCC(CCOC[C@H](CC(C)C)OS(=O)(=O)c1ccc(C)cc1)CCOC[C@H](CC(C)C)OS(=O)(=O)c1ccc(C)cc1. The van der Waals surface area contributed by atoms with Crippen molar-refractivity contribution in [1.82, 2.24) is 0 Å². The normalized spacial score (nSPS) is 13.9. The summed E-state index contributed by atoms with van der Waals surface area (Å²) < 4.78 is 74.3. The molecule has 0 aliphatic rings. The molecule has 0 bridgehead atoms. The van der Waals surface area contributed by atoms with Crippen LogP contribution >= 0.6 is 0 Å². The van der Waals surface area contributed by atoms with Crippen molar-refractivity contribution >= 4 is 20.2 Å². The maximum Gasteiger partial charge on any atom is 0.297 e. The van der Waals surface area contributed by atoms with Crippen LogP contribution in [0.3, 0.4) is 0 Å². The van der Waals surface area contributed by atoms with Gasteiger partial charge < -0.3 is 9.47 Å². The third-order valence-corrected chi connectivity index (χ3v) is 9.81. The van der Waals surface area contributed by atoms with E-state index in [1.165, 1.54) is 0 Å². The van der Waals surface area contributed by atoms with Crippen LogP contribution in [0.25, 0.3) is 0 Å². The minimum Gasteiger partial charge on any atom is -0.379 e. The molecule has 0 N–H and O–H groups in total. The van der Waals surface area contributed by atoms with E-state index in [2.05, 4.69) is 6.58 Å². The van der Waals surface area contributed by atoms with Crippen molar-refractivity contribution in [3.05, 3.63) is 72.3 Å². The van der Waals surface area contributed by atoms with Gasteiger partial charge in [-0.1, -0.05) is 69.2 Å². The van der Waals surface area contributed by atoms with Gasteiger partial charge in [0.1, 0.15) is 12.2 Å². The minimum absolute atomic E-state index is 0.136. The highest BCUT2D eigenvalue weighted by molar-refractivity contribution is 7.87. The summed E-state index contributed by atoms with van der Waals surface area (Å²) in [5.41, 5.74) is 1.94. The van der Waals surface area contributed by atoms with Gasteiger partial charge in [0, 0.05) is 13.2 Å². The first-order valence-corrected chi connectivity index (χ1v) is 18.3. The summed E-state index contributed by atoms with van der Waals surface area (Å²) in [6.07, 6.45) is 4.04. The molecular weight excluding hydrogens is 601 g/mol. The fraction of sp³-hybridized carbons (Fsp3) is 0.588. The Kier molecular flexibility index (Phi) is 16.3. The molecule has 2 aromatic rings. The molecule has 0 aliphatic heterocycles. The van der Waals surface area contributed by atoms with Crippen LogP contribution in [0.2, 0.25) is 0 Å². The lowest BCUT2D eigenvalue weighted by molar-refractivity contribution is 0.0261. The molecule has 0 saturated heterocycles. The predicted octanol–water partition coefficient (Wildman–Crippen LogP) is 7.25. The zero-order chi connectivity index (χ0) is 32.8. The molecule has 2 aromatic carbocycles. The third-order valence-electron chi connectivity index (χ3n) is 7.06. The summed E-state index contributed by atoms with van der Waals surface area (Å²) in [5.74, 6) is 0.713. The summed E-state index contributed by atoms with van der Waals surface area (Å²) in [6, 6.07) is 13.2. The molecule has 0 unspecified atom stereocenters. The highest BCUT2D eigenvalue weighted by Crippen LogP contribution is 2.22.